The van der Waals surface area contributed by atoms with Crippen molar-refractivity contribution in [1.29, 1.82) is 0 Å². The predicted octanol–water partition coefficient (Wildman–Crippen LogP) is 1.52. The maximum Gasteiger partial charge on any atom is 0.356 e. The molecule has 0 aliphatic carbocycles. The van der Waals surface area contributed by atoms with Gasteiger partial charge in [-0.3, -0.25) is 4.98 Å². The standard InChI is InChI=1S/C14H13N5O2/c1-21-14(20)11-7-13(19-12(18-11)4-6-17-19)16-9-10-3-2-5-15-8-10/h2-8,16H,9H2,1H3. The van der Waals surface area contributed by atoms with Crippen molar-refractivity contribution >= 4 is 17.4 Å². The summed E-state index contributed by atoms with van der Waals surface area (Å²) in [4.78, 5) is 19.9. The van der Waals surface area contributed by atoms with E-state index in [2.05, 4.69) is 20.4 Å². The van der Waals surface area contributed by atoms with E-state index in [1.54, 1.807) is 35.2 Å². The van der Waals surface area contributed by atoms with E-state index in [4.69, 9.17) is 4.74 Å². The largest absolute Gasteiger partial charge is 0.464 e. The molecule has 3 aromatic heterocycles. The number of hydrogen-bond acceptors (Lipinski definition) is 6. The van der Waals surface area contributed by atoms with Crippen LogP contribution in [-0.4, -0.2) is 32.7 Å². The summed E-state index contributed by atoms with van der Waals surface area (Å²) in [5.74, 6) is 0.178. The van der Waals surface area contributed by atoms with Gasteiger partial charge in [-0.1, -0.05) is 6.07 Å². The molecule has 0 aliphatic rings. The molecule has 0 atom stereocenters. The van der Waals surface area contributed by atoms with Crippen LogP contribution in [0.1, 0.15) is 16.1 Å². The third kappa shape index (κ3) is 2.66. The number of rotatable bonds is 4. The van der Waals surface area contributed by atoms with Crippen molar-refractivity contribution in [3.05, 3.63) is 54.1 Å². The molecule has 0 saturated carbocycles. The molecular formula is C14H13N5O2. The molecule has 0 saturated heterocycles. The zero-order valence-electron chi connectivity index (χ0n) is 11.4. The SMILES string of the molecule is COC(=O)c1cc(NCc2cccnc2)n2nccc2n1. The summed E-state index contributed by atoms with van der Waals surface area (Å²) in [5, 5.41) is 7.40. The van der Waals surface area contributed by atoms with Gasteiger partial charge in [0.05, 0.1) is 13.3 Å². The first kappa shape index (κ1) is 13.0. The summed E-state index contributed by atoms with van der Waals surface area (Å²) in [6, 6.07) is 7.17. The molecule has 0 spiro atoms. The Morgan fingerprint density at radius 2 is 2.29 bits per heavy atom. The van der Waals surface area contributed by atoms with Gasteiger partial charge in [0, 0.05) is 31.1 Å². The number of carbonyl (C=O) groups excluding carboxylic acids is 1. The van der Waals surface area contributed by atoms with Crippen LogP contribution in [0.2, 0.25) is 0 Å². The van der Waals surface area contributed by atoms with E-state index in [1.165, 1.54) is 7.11 Å². The van der Waals surface area contributed by atoms with E-state index in [1.807, 2.05) is 12.1 Å². The lowest BCUT2D eigenvalue weighted by Gasteiger charge is -2.09. The smallest absolute Gasteiger partial charge is 0.356 e. The van der Waals surface area contributed by atoms with E-state index < -0.39 is 5.97 Å². The minimum absolute atomic E-state index is 0.235. The minimum atomic E-state index is -0.483. The molecule has 3 heterocycles. The highest BCUT2D eigenvalue weighted by Crippen LogP contribution is 2.14. The molecule has 106 valence electrons. The summed E-state index contributed by atoms with van der Waals surface area (Å²) >= 11 is 0. The molecule has 7 heteroatoms. The van der Waals surface area contributed by atoms with Gasteiger partial charge in [-0.05, 0) is 11.6 Å². The first-order valence-electron chi connectivity index (χ1n) is 6.34. The van der Waals surface area contributed by atoms with Crippen molar-refractivity contribution in [2.24, 2.45) is 0 Å². The maximum atomic E-state index is 11.7. The quantitative estimate of drug-likeness (QED) is 0.731. The number of ether oxygens (including phenoxy) is 1. The third-order valence-electron chi connectivity index (χ3n) is 2.95. The van der Waals surface area contributed by atoms with Crippen LogP contribution < -0.4 is 5.32 Å². The van der Waals surface area contributed by atoms with Crippen molar-refractivity contribution < 1.29 is 9.53 Å². The van der Waals surface area contributed by atoms with Crippen LogP contribution >= 0.6 is 0 Å². The van der Waals surface area contributed by atoms with Gasteiger partial charge in [-0.15, -0.1) is 0 Å². The van der Waals surface area contributed by atoms with Crippen molar-refractivity contribution in [1.82, 2.24) is 19.6 Å². The van der Waals surface area contributed by atoms with Crippen LogP contribution in [0.15, 0.2) is 42.9 Å². The second kappa shape index (κ2) is 5.58. The van der Waals surface area contributed by atoms with E-state index in [0.717, 1.165) is 5.56 Å². The van der Waals surface area contributed by atoms with E-state index in [0.29, 0.717) is 18.0 Å². The number of anilines is 1. The van der Waals surface area contributed by atoms with Crippen LogP contribution in [0.3, 0.4) is 0 Å². The lowest BCUT2D eigenvalue weighted by molar-refractivity contribution is 0.0594. The fourth-order valence-electron chi connectivity index (χ4n) is 1.94. The molecule has 21 heavy (non-hydrogen) atoms. The Kier molecular flexibility index (Phi) is 3.46. The number of aromatic nitrogens is 4. The van der Waals surface area contributed by atoms with E-state index in [9.17, 15) is 4.79 Å². The second-order valence-corrected chi connectivity index (χ2v) is 4.33. The molecule has 0 aliphatic heterocycles. The highest BCUT2D eigenvalue weighted by atomic mass is 16.5. The highest BCUT2D eigenvalue weighted by Gasteiger charge is 2.12. The van der Waals surface area contributed by atoms with Crippen molar-refractivity contribution in [2.75, 3.05) is 12.4 Å². The highest BCUT2D eigenvalue weighted by molar-refractivity contribution is 5.88. The molecule has 1 N–H and O–H groups in total. The fourth-order valence-corrected chi connectivity index (χ4v) is 1.94. The first-order chi connectivity index (χ1) is 10.3. The zero-order chi connectivity index (χ0) is 14.7. The van der Waals surface area contributed by atoms with Crippen LogP contribution in [0, 0.1) is 0 Å². The van der Waals surface area contributed by atoms with Gasteiger partial charge in [0.1, 0.15) is 5.82 Å². The molecule has 0 unspecified atom stereocenters. The number of fused-ring (bicyclic) bond motifs is 1. The Balaban J connectivity index is 1.92. The van der Waals surface area contributed by atoms with Crippen molar-refractivity contribution in [3.63, 3.8) is 0 Å². The monoisotopic (exact) mass is 283 g/mol. The Morgan fingerprint density at radius 3 is 3.05 bits per heavy atom. The lowest BCUT2D eigenvalue weighted by Crippen LogP contribution is -2.11. The molecule has 0 aromatic carbocycles. The number of nitrogens with zero attached hydrogens (tertiary/aromatic N) is 4. The third-order valence-corrected chi connectivity index (χ3v) is 2.95. The van der Waals surface area contributed by atoms with Gasteiger partial charge in [0.15, 0.2) is 11.3 Å². The zero-order valence-corrected chi connectivity index (χ0v) is 11.4. The summed E-state index contributed by atoms with van der Waals surface area (Å²) < 4.78 is 6.34. The molecule has 7 nitrogen and oxygen atoms in total. The second-order valence-electron chi connectivity index (χ2n) is 4.33. The average Bonchev–Trinajstić information content (AvgIpc) is 3.01. The van der Waals surface area contributed by atoms with Gasteiger partial charge < -0.3 is 10.1 Å². The molecular weight excluding hydrogens is 270 g/mol. The Morgan fingerprint density at radius 1 is 1.38 bits per heavy atom. The number of carbonyl (C=O) groups is 1. The summed E-state index contributed by atoms with van der Waals surface area (Å²) in [6.07, 6.45) is 5.12. The Bertz CT molecular complexity index is 769. The van der Waals surface area contributed by atoms with Crippen LogP contribution in [0.5, 0.6) is 0 Å². The average molecular weight is 283 g/mol. The fraction of sp³-hybridized carbons (Fsp3) is 0.143. The van der Waals surface area contributed by atoms with Crippen molar-refractivity contribution in [2.45, 2.75) is 6.54 Å². The lowest BCUT2D eigenvalue weighted by atomic mass is 10.3. The van der Waals surface area contributed by atoms with Crippen LogP contribution in [0.4, 0.5) is 5.82 Å². The maximum absolute atomic E-state index is 11.7. The van der Waals surface area contributed by atoms with Gasteiger partial charge >= 0.3 is 5.97 Å². The van der Waals surface area contributed by atoms with E-state index in [-0.39, 0.29) is 5.69 Å². The van der Waals surface area contributed by atoms with Crippen molar-refractivity contribution in [3.8, 4) is 0 Å². The van der Waals surface area contributed by atoms with E-state index >= 15 is 0 Å². The first-order valence-corrected chi connectivity index (χ1v) is 6.34. The Labute approximate surface area is 120 Å². The van der Waals surface area contributed by atoms with Crippen LogP contribution in [0.25, 0.3) is 5.65 Å². The summed E-state index contributed by atoms with van der Waals surface area (Å²) in [6.45, 7) is 0.563. The summed E-state index contributed by atoms with van der Waals surface area (Å²) in [5.41, 5.74) is 1.83. The molecule has 0 amide bonds. The topological polar surface area (TPSA) is 81.4 Å². The number of esters is 1. The van der Waals surface area contributed by atoms with Gasteiger partial charge in [-0.25, -0.2) is 9.78 Å². The molecule has 3 rings (SSSR count). The summed E-state index contributed by atoms with van der Waals surface area (Å²) in [7, 11) is 1.33. The number of methoxy groups -OCH3 is 1. The number of pyridine rings is 1. The molecule has 3 aromatic rings. The van der Waals surface area contributed by atoms with Gasteiger partial charge in [0.25, 0.3) is 0 Å². The number of hydrogen-bond donors (Lipinski definition) is 1. The molecule has 0 bridgehead atoms. The van der Waals surface area contributed by atoms with Crippen LogP contribution in [-0.2, 0) is 11.3 Å². The molecule has 0 fully saturated rings. The van der Waals surface area contributed by atoms with Gasteiger partial charge in [-0.2, -0.15) is 9.61 Å². The predicted molar refractivity (Wildman–Crippen MR) is 75.9 cm³/mol. The van der Waals surface area contributed by atoms with Gasteiger partial charge in [0.2, 0.25) is 0 Å². The Hall–Kier alpha value is -2.96. The minimum Gasteiger partial charge on any atom is -0.464 e. The number of nitrogens with one attached hydrogen (secondary N) is 1. The normalized spacial score (nSPS) is 10.5. The molecule has 0 radical (unpaired) electrons.